The van der Waals surface area contributed by atoms with Crippen LogP contribution in [-0.4, -0.2) is 5.11 Å². The number of allylic oxidation sites excluding steroid dienone is 1. The van der Waals surface area contributed by atoms with Crippen LogP contribution in [0.15, 0.2) is 60.9 Å². The number of hydrogen-bond acceptors (Lipinski definition) is 2. The van der Waals surface area contributed by atoms with E-state index in [4.69, 9.17) is 4.74 Å². The summed E-state index contributed by atoms with van der Waals surface area (Å²) in [6, 6.07) is 15.4. The molecule has 17 heavy (non-hydrogen) atoms. The van der Waals surface area contributed by atoms with Gasteiger partial charge in [0.2, 0.25) is 0 Å². The van der Waals surface area contributed by atoms with Gasteiger partial charge in [-0.05, 0) is 12.1 Å². The van der Waals surface area contributed by atoms with Gasteiger partial charge in [-0.25, -0.2) is 0 Å². The smallest absolute Gasteiger partial charge is 0.131 e. The van der Waals surface area contributed by atoms with Crippen LogP contribution < -0.4 is 4.74 Å². The summed E-state index contributed by atoms with van der Waals surface area (Å²) in [6.07, 6.45) is 0. The Bertz CT molecular complexity index is 541. The molecule has 0 unspecified atom stereocenters. The van der Waals surface area contributed by atoms with E-state index in [2.05, 4.69) is 6.58 Å². The molecule has 0 atom stereocenters. The molecule has 0 bridgehead atoms. The lowest BCUT2D eigenvalue weighted by Crippen LogP contribution is -2.11. The number of ether oxygens (including phenoxy) is 1. The first kappa shape index (κ1) is 9.97. The lowest BCUT2D eigenvalue weighted by molar-refractivity contribution is 0.366. The fourth-order valence-electron chi connectivity index (χ4n) is 2.27. The molecule has 2 aromatic rings. The quantitative estimate of drug-likeness (QED) is 0.742. The second-order valence-corrected chi connectivity index (χ2v) is 4.10. The topological polar surface area (TPSA) is 29.5 Å². The zero-order valence-electron chi connectivity index (χ0n) is 9.26. The molecule has 2 heteroatoms. The molecule has 0 saturated heterocycles. The van der Waals surface area contributed by atoms with E-state index < -0.39 is 0 Å². The van der Waals surface area contributed by atoms with E-state index in [-0.39, 0.29) is 11.7 Å². The van der Waals surface area contributed by atoms with Gasteiger partial charge in [-0.1, -0.05) is 43.0 Å². The third kappa shape index (κ3) is 1.49. The highest BCUT2D eigenvalue weighted by Crippen LogP contribution is 2.45. The summed E-state index contributed by atoms with van der Waals surface area (Å²) >= 11 is 0. The number of rotatable bonds is 1. The molecule has 0 spiro atoms. The zero-order chi connectivity index (χ0) is 11.8. The van der Waals surface area contributed by atoms with Crippen LogP contribution in [0.2, 0.25) is 0 Å². The molecule has 1 aliphatic heterocycles. The Hall–Kier alpha value is -2.22. The molecular formula is C15H12O2. The fourth-order valence-corrected chi connectivity index (χ4v) is 2.27. The van der Waals surface area contributed by atoms with E-state index in [0.717, 1.165) is 22.6 Å². The monoisotopic (exact) mass is 224 g/mol. The van der Waals surface area contributed by atoms with Crippen LogP contribution in [0.4, 0.5) is 0 Å². The summed E-state index contributed by atoms with van der Waals surface area (Å²) < 4.78 is 5.81. The van der Waals surface area contributed by atoms with Crippen LogP contribution in [0.1, 0.15) is 17.0 Å². The maximum Gasteiger partial charge on any atom is 0.131 e. The van der Waals surface area contributed by atoms with Gasteiger partial charge in [0.05, 0.1) is 11.7 Å². The van der Waals surface area contributed by atoms with Gasteiger partial charge in [0.1, 0.15) is 11.5 Å². The van der Waals surface area contributed by atoms with Crippen molar-refractivity contribution < 1.29 is 9.84 Å². The highest BCUT2D eigenvalue weighted by atomic mass is 16.5. The lowest BCUT2D eigenvalue weighted by atomic mass is 9.87. The number of hydrogen-bond donors (Lipinski definition) is 1. The van der Waals surface area contributed by atoms with E-state index >= 15 is 0 Å². The fraction of sp³-hybridized carbons (Fsp3) is 0.0667. The molecule has 2 nitrogen and oxygen atoms in total. The van der Waals surface area contributed by atoms with Crippen LogP contribution in [0.3, 0.4) is 0 Å². The Morgan fingerprint density at radius 1 is 0.941 bits per heavy atom. The Labute approximate surface area is 99.8 Å². The van der Waals surface area contributed by atoms with E-state index in [0.29, 0.717) is 0 Å². The molecule has 1 heterocycles. The van der Waals surface area contributed by atoms with Crippen molar-refractivity contribution >= 4 is 0 Å². The van der Waals surface area contributed by atoms with Gasteiger partial charge in [0.15, 0.2) is 0 Å². The molecule has 1 N–H and O–H groups in total. The average molecular weight is 224 g/mol. The average Bonchev–Trinajstić information content (AvgIpc) is 2.35. The van der Waals surface area contributed by atoms with Gasteiger partial charge < -0.3 is 9.84 Å². The molecule has 0 radical (unpaired) electrons. The molecule has 0 aliphatic carbocycles. The first-order valence-electron chi connectivity index (χ1n) is 5.51. The molecular weight excluding hydrogens is 212 g/mol. The van der Waals surface area contributed by atoms with Crippen molar-refractivity contribution in [3.05, 3.63) is 72.0 Å². The van der Waals surface area contributed by atoms with Crippen LogP contribution in [0, 0.1) is 0 Å². The zero-order valence-corrected chi connectivity index (χ0v) is 9.26. The predicted molar refractivity (Wildman–Crippen MR) is 66.6 cm³/mol. The Balaban J connectivity index is 2.24. The SMILES string of the molecule is C=C(O)C1c2ccccc2Oc2ccccc21. The van der Waals surface area contributed by atoms with E-state index in [9.17, 15) is 5.11 Å². The highest BCUT2D eigenvalue weighted by Gasteiger charge is 2.28. The molecule has 84 valence electrons. The van der Waals surface area contributed by atoms with Crippen LogP contribution >= 0.6 is 0 Å². The molecule has 0 fully saturated rings. The maximum atomic E-state index is 9.82. The molecule has 0 aromatic heterocycles. The van der Waals surface area contributed by atoms with Crippen molar-refractivity contribution in [3.63, 3.8) is 0 Å². The third-order valence-electron chi connectivity index (χ3n) is 3.01. The van der Waals surface area contributed by atoms with Crippen LogP contribution in [0.25, 0.3) is 0 Å². The van der Waals surface area contributed by atoms with Gasteiger partial charge in [0.25, 0.3) is 0 Å². The summed E-state index contributed by atoms with van der Waals surface area (Å²) in [5.74, 6) is 1.52. The first-order valence-corrected chi connectivity index (χ1v) is 5.51. The molecule has 1 aliphatic rings. The number of fused-ring (bicyclic) bond motifs is 2. The second-order valence-electron chi connectivity index (χ2n) is 4.10. The normalized spacial score (nSPS) is 13.4. The second kappa shape index (κ2) is 3.67. The van der Waals surface area contributed by atoms with Crippen molar-refractivity contribution in [1.29, 1.82) is 0 Å². The van der Waals surface area contributed by atoms with Crippen molar-refractivity contribution in [3.8, 4) is 11.5 Å². The summed E-state index contributed by atoms with van der Waals surface area (Å²) in [5, 5.41) is 9.82. The molecule has 0 saturated carbocycles. The molecule has 0 amide bonds. The predicted octanol–water partition coefficient (Wildman–Crippen LogP) is 4.00. The van der Waals surface area contributed by atoms with Crippen molar-refractivity contribution in [2.24, 2.45) is 0 Å². The Morgan fingerprint density at radius 3 is 1.88 bits per heavy atom. The lowest BCUT2D eigenvalue weighted by Gasteiger charge is -2.27. The van der Waals surface area contributed by atoms with Gasteiger partial charge >= 0.3 is 0 Å². The number of aliphatic hydroxyl groups is 1. The molecule has 2 aromatic carbocycles. The van der Waals surface area contributed by atoms with E-state index in [1.54, 1.807) is 0 Å². The van der Waals surface area contributed by atoms with Crippen LogP contribution in [0.5, 0.6) is 11.5 Å². The summed E-state index contributed by atoms with van der Waals surface area (Å²) in [4.78, 5) is 0. The van der Waals surface area contributed by atoms with Crippen LogP contribution in [-0.2, 0) is 0 Å². The van der Waals surface area contributed by atoms with Crippen molar-refractivity contribution in [2.45, 2.75) is 5.92 Å². The van der Waals surface area contributed by atoms with Crippen molar-refractivity contribution in [1.82, 2.24) is 0 Å². The number of benzene rings is 2. The Kier molecular flexibility index (Phi) is 2.15. The standard InChI is InChI=1S/C15H12O2/c1-10(16)15-11-6-2-4-8-13(11)17-14-9-5-3-7-12(14)15/h2-9,15-16H,1H2. The van der Waals surface area contributed by atoms with Gasteiger partial charge in [0, 0.05) is 11.1 Å². The minimum atomic E-state index is -0.198. The molecule has 3 rings (SSSR count). The van der Waals surface area contributed by atoms with Gasteiger partial charge in [-0.3, -0.25) is 0 Å². The number of para-hydroxylation sites is 2. The minimum absolute atomic E-state index is 0.146. The van der Waals surface area contributed by atoms with Crippen molar-refractivity contribution in [2.75, 3.05) is 0 Å². The summed E-state index contributed by atoms with van der Waals surface area (Å²) in [7, 11) is 0. The van der Waals surface area contributed by atoms with E-state index in [1.165, 1.54) is 0 Å². The highest BCUT2D eigenvalue weighted by molar-refractivity contribution is 5.56. The van der Waals surface area contributed by atoms with Gasteiger partial charge in [-0.2, -0.15) is 0 Å². The summed E-state index contributed by atoms with van der Waals surface area (Å²) in [5.41, 5.74) is 1.91. The summed E-state index contributed by atoms with van der Waals surface area (Å²) in [6.45, 7) is 3.68. The third-order valence-corrected chi connectivity index (χ3v) is 3.01. The van der Waals surface area contributed by atoms with E-state index in [1.807, 2.05) is 48.5 Å². The van der Waals surface area contributed by atoms with Gasteiger partial charge in [-0.15, -0.1) is 0 Å². The maximum absolute atomic E-state index is 9.82. The number of aliphatic hydroxyl groups excluding tert-OH is 1. The minimum Gasteiger partial charge on any atom is -0.512 e. The Morgan fingerprint density at radius 2 is 1.41 bits per heavy atom. The largest absolute Gasteiger partial charge is 0.512 e. The first-order chi connectivity index (χ1) is 8.27.